The minimum atomic E-state index is 0.192. The van der Waals surface area contributed by atoms with Crippen molar-refractivity contribution in [2.75, 3.05) is 26.2 Å². The molecule has 0 atom stereocenters. The molecule has 4 heteroatoms. The van der Waals surface area contributed by atoms with E-state index in [1.54, 1.807) is 0 Å². The molecule has 18 heavy (non-hydrogen) atoms. The molecule has 3 fully saturated rings. The van der Waals surface area contributed by atoms with E-state index in [1.807, 2.05) is 0 Å². The Morgan fingerprint density at radius 1 is 1.17 bits per heavy atom. The van der Waals surface area contributed by atoms with Crippen molar-refractivity contribution in [2.45, 2.75) is 51.0 Å². The van der Waals surface area contributed by atoms with E-state index in [1.165, 1.54) is 44.9 Å². The summed E-state index contributed by atoms with van der Waals surface area (Å²) < 4.78 is 0. The Kier molecular flexibility index (Phi) is 3.46. The number of carbonyl (C=O) groups is 1. The van der Waals surface area contributed by atoms with E-state index in [9.17, 15) is 4.79 Å². The molecule has 0 aromatic rings. The maximum absolute atomic E-state index is 12.2. The van der Waals surface area contributed by atoms with Crippen molar-refractivity contribution in [3.63, 3.8) is 0 Å². The summed E-state index contributed by atoms with van der Waals surface area (Å²) in [6.07, 6.45) is 8.58. The van der Waals surface area contributed by atoms with E-state index in [2.05, 4.69) is 15.5 Å². The van der Waals surface area contributed by atoms with Gasteiger partial charge in [0.05, 0.1) is 0 Å². The zero-order valence-electron chi connectivity index (χ0n) is 11.2. The normalized spacial score (nSPS) is 27.9. The summed E-state index contributed by atoms with van der Waals surface area (Å²) in [4.78, 5) is 14.3. The summed E-state index contributed by atoms with van der Waals surface area (Å²) >= 11 is 0. The van der Waals surface area contributed by atoms with Crippen LogP contribution in [0.25, 0.3) is 0 Å². The minimum absolute atomic E-state index is 0.192. The van der Waals surface area contributed by atoms with Crippen LogP contribution in [0.15, 0.2) is 0 Å². The van der Waals surface area contributed by atoms with Crippen LogP contribution in [0, 0.1) is 5.41 Å². The number of piperidine rings is 1. The Bertz CT molecular complexity index is 306. The molecule has 1 saturated carbocycles. The van der Waals surface area contributed by atoms with Gasteiger partial charge in [-0.3, -0.25) is 0 Å². The van der Waals surface area contributed by atoms with E-state index in [0.29, 0.717) is 11.5 Å². The number of hydrogen-bond acceptors (Lipinski definition) is 2. The molecule has 1 spiro atoms. The van der Waals surface area contributed by atoms with Gasteiger partial charge in [-0.15, -0.1) is 0 Å². The number of amides is 2. The van der Waals surface area contributed by atoms with Gasteiger partial charge in [0.2, 0.25) is 0 Å². The van der Waals surface area contributed by atoms with Crippen molar-refractivity contribution in [3.05, 3.63) is 0 Å². The summed E-state index contributed by atoms with van der Waals surface area (Å²) in [5, 5.41) is 6.63. The van der Waals surface area contributed by atoms with Gasteiger partial charge in [-0.2, -0.15) is 0 Å². The van der Waals surface area contributed by atoms with Gasteiger partial charge < -0.3 is 15.5 Å². The fourth-order valence-electron chi connectivity index (χ4n) is 3.81. The van der Waals surface area contributed by atoms with Gasteiger partial charge in [-0.05, 0) is 50.6 Å². The number of carbonyl (C=O) groups excluding carboxylic acids is 1. The topological polar surface area (TPSA) is 44.4 Å². The molecule has 4 nitrogen and oxygen atoms in total. The Labute approximate surface area is 109 Å². The highest BCUT2D eigenvalue weighted by atomic mass is 16.2. The molecule has 2 aliphatic heterocycles. The van der Waals surface area contributed by atoms with Gasteiger partial charge in [0.25, 0.3) is 0 Å². The van der Waals surface area contributed by atoms with E-state index >= 15 is 0 Å². The predicted molar refractivity (Wildman–Crippen MR) is 71.5 cm³/mol. The number of nitrogens with one attached hydrogen (secondary N) is 2. The van der Waals surface area contributed by atoms with Crippen molar-refractivity contribution >= 4 is 6.03 Å². The lowest BCUT2D eigenvalue weighted by molar-refractivity contribution is 0.180. The molecule has 3 aliphatic rings. The Morgan fingerprint density at radius 3 is 2.61 bits per heavy atom. The average Bonchev–Trinajstić information content (AvgIpc) is 3.01. The van der Waals surface area contributed by atoms with Gasteiger partial charge in [0.1, 0.15) is 0 Å². The summed E-state index contributed by atoms with van der Waals surface area (Å²) in [5.74, 6) is 0. The van der Waals surface area contributed by atoms with Crippen LogP contribution in [-0.4, -0.2) is 43.2 Å². The molecule has 1 aliphatic carbocycles. The smallest absolute Gasteiger partial charge is 0.317 e. The first-order chi connectivity index (χ1) is 8.77. The van der Waals surface area contributed by atoms with Crippen molar-refractivity contribution in [3.8, 4) is 0 Å². The van der Waals surface area contributed by atoms with E-state index in [0.717, 1.165) is 26.2 Å². The van der Waals surface area contributed by atoms with Crippen LogP contribution >= 0.6 is 0 Å². The molecule has 2 amide bonds. The van der Waals surface area contributed by atoms with Crippen molar-refractivity contribution < 1.29 is 4.79 Å². The Balaban J connectivity index is 1.52. The first-order valence-electron chi connectivity index (χ1n) is 7.54. The van der Waals surface area contributed by atoms with Gasteiger partial charge in [-0.25, -0.2) is 4.79 Å². The molecule has 2 heterocycles. The van der Waals surface area contributed by atoms with Crippen molar-refractivity contribution in [1.29, 1.82) is 0 Å². The second-order valence-corrected chi connectivity index (χ2v) is 6.35. The molecule has 0 aromatic carbocycles. The second-order valence-electron chi connectivity index (χ2n) is 6.35. The fourth-order valence-corrected chi connectivity index (χ4v) is 3.81. The number of likely N-dealkylation sites (tertiary alicyclic amines) is 1. The van der Waals surface area contributed by atoms with Crippen LogP contribution in [0.1, 0.15) is 44.9 Å². The van der Waals surface area contributed by atoms with E-state index in [4.69, 9.17) is 0 Å². The van der Waals surface area contributed by atoms with Gasteiger partial charge in [0.15, 0.2) is 0 Å². The zero-order valence-corrected chi connectivity index (χ0v) is 11.2. The highest BCUT2D eigenvalue weighted by Crippen LogP contribution is 2.38. The molecule has 2 N–H and O–H groups in total. The van der Waals surface area contributed by atoms with Crippen LogP contribution in [-0.2, 0) is 0 Å². The number of urea groups is 1. The first kappa shape index (κ1) is 12.3. The lowest BCUT2D eigenvalue weighted by Gasteiger charge is -2.33. The largest absolute Gasteiger partial charge is 0.335 e. The third-order valence-electron chi connectivity index (χ3n) is 5.07. The van der Waals surface area contributed by atoms with E-state index < -0.39 is 0 Å². The molecular formula is C14H25N3O. The van der Waals surface area contributed by atoms with Gasteiger partial charge >= 0.3 is 6.03 Å². The summed E-state index contributed by atoms with van der Waals surface area (Å²) in [6, 6.07) is 0.638. The third-order valence-corrected chi connectivity index (χ3v) is 5.07. The third kappa shape index (κ3) is 2.48. The lowest BCUT2D eigenvalue weighted by Crippen LogP contribution is -2.45. The van der Waals surface area contributed by atoms with E-state index in [-0.39, 0.29) is 6.03 Å². The molecule has 0 unspecified atom stereocenters. The summed E-state index contributed by atoms with van der Waals surface area (Å²) in [6.45, 7) is 4.18. The van der Waals surface area contributed by atoms with Crippen LogP contribution < -0.4 is 10.6 Å². The van der Waals surface area contributed by atoms with Crippen molar-refractivity contribution in [2.24, 2.45) is 5.41 Å². The quantitative estimate of drug-likeness (QED) is 0.745. The molecular weight excluding hydrogens is 226 g/mol. The Hall–Kier alpha value is -0.770. The maximum Gasteiger partial charge on any atom is 0.317 e. The number of nitrogens with zero attached hydrogens (tertiary/aromatic N) is 1. The lowest BCUT2D eigenvalue weighted by atomic mass is 9.78. The van der Waals surface area contributed by atoms with Crippen LogP contribution in [0.2, 0.25) is 0 Å². The molecule has 3 rings (SSSR count). The molecule has 0 bridgehead atoms. The monoisotopic (exact) mass is 251 g/mol. The molecule has 0 aromatic heterocycles. The average molecular weight is 251 g/mol. The minimum Gasteiger partial charge on any atom is -0.335 e. The molecule has 102 valence electrons. The first-order valence-corrected chi connectivity index (χ1v) is 7.54. The molecule has 2 saturated heterocycles. The SMILES string of the molecule is O=C(NC1CCCC1)N1CCC2(CCNCC2)C1. The fraction of sp³-hybridized carbons (Fsp3) is 0.929. The van der Waals surface area contributed by atoms with Crippen LogP contribution in [0.3, 0.4) is 0 Å². The predicted octanol–water partition coefficient (Wildman–Crippen LogP) is 1.71. The summed E-state index contributed by atoms with van der Waals surface area (Å²) in [7, 11) is 0. The highest BCUT2D eigenvalue weighted by Gasteiger charge is 2.40. The van der Waals surface area contributed by atoms with Crippen LogP contribution in [0.4, 0.5) is 4.79 Å². The Morgan fingerprint density at radius 2 is 1.89 bits per heavy atom. The zero-order chi connectivity index (χ0) is 12.4. The van der Waals surface area contributed by atoms with Gasteiger partial charge in [-0.1, -0.05) is 12.8 Å². The van der Waals surface area contributed by atoms with Gasteiger partial charge in [0, 0.05) is 19.1 Å². The number of rotatable bonds is 1. The summed E-state index contributed by atoms with van der Waals surface area (Å²) in [5.41, 5.74) is 0.429. The maximum atomic E-state index is 12.2. The number of hydrogen-bond donors (Lipinski definition) is 2. The molecule has 0 radical (unpaired) electrons. The second kappa shape index (κ2) is 5.08. The highest BCUT2D eigenvalue weighted by molar-refractivity contribution is 5.75. The van der Waals surface area contributed by atoms with Crippen molar-refractivity contribution in [1.82, 2.24) is 15.5 Å². The standard InChI is InChI=1S/C14H25N3O/c18-13(16-12-3-1-2-4-12)17-10-7-14(11-17)5-8-15-9-6-14/h12,15H,1-11H2,(H,16,18). The van der Waals surface area contributed by atoms with Crippen LogP contribution in [0.5, 0.6) is 0 Å².